The summed E-state index contributed by atoms with van der Waals surface area (Å²) in [6.45, 7) is 3.38. The lowest BCUT2D eigenvalue weighted by Gasteiger charge is -2.24. The minimum atomic E-state index is -0.919. The van der Waals surface area contributed by atoms with Crippen LogP contribution < -0.4 is 10.6 Å². The second kappa shape index (κ2) is 3.70. The predicted molar refractivity (Wildman–Crippen MR) is 72.2 cm³/mol. The Hall–Kier alpha value is -2.10. The average Bonchev–Trinajstić information content (AvgIpc) is 2.84. The molecule has 2 amide bonds. The molecule has 3 aliphatic carbocycles. The highest BCUT2D eigenvalue weighted by molar-refractivity contribution is 6.04. The Labute approximate surface area is 111 Å². The van der Waals surface area contributed by atoms with Crippen LogP contribution in [0.1, 0.15) is 20.3 Å². The Balaban J connectivity index is 1.82. The molecule has 4 nitrogen and oxygen atoms in total. The van der Waals surface area contributed by atoms with Crippen molar-refractivity contribution in [3.8, 4) is 0 Å². The first-order valence-corrected chi connectivity index (χ1v) is 6.35. The number of hydrogen-bond donors (Lipinski definition) is 2. The standard InChI is InChI=1S/C15H16N2O2/c1-15(2,14(19)16-3)17-13(18)10-5-4-9-11-6-8(11)7-12(9)10/h4-5,7H,6H2,1-3H3,(H,16,19)(H,17,18). The van der Waals surface area contributed by atoms with E-state index in [0.29, 0.717) is 5.57 Å². The van der Waals surface area contributed by atoms with Crippen molar-refractivity contribution in [2.24, 2.45) is 0 Å². The van der Waals surface area contributed by atoms with Crippen LogP contribution in [0.3, 0.4) is 0 Å². The van der Waals surface area contributed by atoms with Crippen molar-refractivity contribution in [1.82, 2.24) is 10.6 Å². The molecule has 0 bridgehead atoms. The van der Waals surface area contributed by atoms with Gasteiger partial charge in [0.25, 0.3) is 5.91 Å². The summed E-state index contributed by atoms with van der Waals surface area (Å²) in [4.78, 5) is 24.0. The van der Waals surface area contributed by atoms with Gasteiger partial charge in [-0.3, -0.25) is 9.59 Å². The van der Waals surface area contributed by atoms with E-state index in [0.717, 1.165) is 12.0 Å². The van der Waals surface area contributed by atoms with Gasteiger partial charge >= 0.3 is 0 Å². The fraction of sp³-hybridized carbons (Fsp3) is 0.333. The fourth-order valence-corrected chi connectivity index (χ4v) is 2.56. The van der Waals surface area contributed by atoms with Crippen LogP contribution in [0.2, 0.25) is 0 Å². The maximum atomic E-state index is 12.3. The molecule has 2 N–H and O–H groups in total. The van der Waals surface area contributed by atoms with Crippen LogP contribution in [-0.2, 0) is 9.59 Å². The molecular formula is C15H16N2O2. The third-order valence-corrected chi connectivity index (χ3v) is 3.74. The molecule has 4 heteroatoms. The molecular weight excluding hydrogens is 240 g/mol. The summed E-state index contributed by atoms with van der Waals surface area (Å²) in [5.41, 5.74) is 4.61. The van der Waals surface area contributed by atoms with Crippen LogP contribution in [0.25, 0.3) is 0 Å². The number of rotatable bonds is 3. The van der Waals surface area contributed by atoms with E-state index in [1.165, 1.54) is 16.7 Å². The highest BCUT2D eigenvalue weighted by atomic mass is 16.2. The van der Waals surface area contributed by atoms with Crippen LogP contribution in [0.15, 0.2) is 46.1 Å². The van der Waals surface area contributed by atoms with Crippen molar-refractivity contribution in [2.45, 2.75) is 25.8 Å². The minimum Gasteiger partial charge on any atom is -0.357 e. The van der Waals surface area contributed by atoms with E-state index in [4.69, 9.17) is 0 Å². The summed E-state index contributed by atoms with van der Waals surface area (Å²) >= 11 is 0. The van der Waals surface area contributed by atoms with Gasteiger partial charge < -0.3 is 10.6 Å². The highest BCUT2D eigenvalue weighted by Gasteiger charge is 2.37. The van der Waals surface area contributed by atoms with Crippen LogP contribution in [0.5, 0.6) is 0 Å². The van der Waals surface area contributed by atoms with Gasteiger partial charge in [-0.1, -0.05) is 6.08 Å². The lowest BCUT2D eigenvalue weighted by molar-refractivity contribution is -0.130. The van der Waals surface area contributed by atoms with Gasteiger partial charge in [-0.25, -0.2) is 0 Å². The van der Waals surface area contributed by atoms with Crippen molar-refractivity contribution in [1.29, 1.82) is 0 Å². The number of carbonyl (C=O) groups is 2. The van der Waals surface area contributed by atoms with Gasteiger partial charge in [-0.05, 0) is 54.7 Å². The van der Waals surface area contributed by atoms with Gasteiger partial charge in [-0.15, -0.1) is 0 Å². The van der Waals surface area contributed by atoms with E-state index < -0.39 is 5.54 Å². The summed E-state index contributed by atoms with van der Waals surface area (Å²) in [5, 5.41) is 5.33. The maximum Gasteiger partial charge on any atom is 0.252 e. The van der Waals surface area contributed by atoms with Crippen molar-refractivity contribution >= 4 is 11.8 Å². The summed E-state index contributed by atoms with van der Waals surface area (Å²) in [6.07, 6.45) is 6.95. The zero-order valence-electron chi connectivity index (χ0n) is 11.3. The molecule has 0 saturated heterocycles. The summed E-state index contributed by atoms with van der Waals surface area (Å²) in [5.74, 6) is -0.409. The van der Waals surface area contributed by atoms with Gasteiger partial charge in [0.1, 0.15) is 5.54 Å². The molecule has 0 aromatic carbocycles. The molecule has 0 spiro atoms. The number of hydrogen-bond acceptors (Lipinski definition) is 2. The van der Waals surface area contributed by atoms with Crippen molar-refractivity contribution in [3.05, 3.63) is 46.1 Å². The lowest BCUT2D eigenvalue weighted by atomic mass is 10.0. The number of amides is 2. The van der Waals surface area contributed by atoms with Crippen molar-refractivity contribution in [2.75, 3.05) is 7.05 Å². The summed E-state index contributed by atoms with van der Waals surface area (Å²) in [6, 6.07) is 0. The molecule has 1 fully saturated rings. The third-order valence-electron chi connectivity index (χ3n) is 3.74. The summed E-state index contributed by atoms with van der Waals surface area (Å²) < 4.78 is 0. The molecule has 0 aliphatic heterocycles. The Morgan fingerprint density at radius 1 is 1.21 bits per heavy atom. The van der Waals surface area contributed by atoms with Crippen LogP contribution >= 0.6 is 0 Å². The highest BCUT2D eigenvalue weighted by Crippen LogP contribution is 2.51. The second-order valence-electron chi connectivity index (χ2n) is 5.56. The molecule has 0 aromatic heterocycles. The van der Waals surface area contributed by atoms with Gasteiger partial charge in [0.2, 0.25) is 5.91 Å². The van der Waals surface area contributed by atoms with E-state index in [9.17, 15) is 9.59 Å². The van der Waals surface area contributed by atoms with E-state index in [-0.39, 0.29) is 11.8 Å². The van der Waals surface area contributed by atoms with Crippen molar-refractivity contribution in [3.63, 3.8) is 0 Å². The lowest BCUT2D eigenvalue weighted by Crippen LogP contribution is -2.54. The molecule has 0 unspecified atom stereocenters. The van der Waals surface area contributed by atoms with Crippen LogP contribution in [0.4, 0.5) is 0 Å². The zero-order valence-corrected chi connectivity index (χ0v) is 11.3. The van der Waals surface area contributed by atoms with Gasteiger partial charge in [-0.2, -0.15) is 0 Å². The monoisotopic (exact) mass is 256 g/mol. The molecule has 3 aliphatic rings. The third kappa shape index (κ3) is 1.75. The van der Waals surface area contributed by atoms with Gasteiger partial charge in [0.05, 0.1) is 0 Å². The first-order chi connectivity index (χ1) is 8.94. The van der Waals surface area contributed by atoms with E-state index in [2.05, 4.69) is 16.7 Å². The van der Waals surface area contributed by atoms with E-state index >= 15 is 0 Å². The topological polar surface area (TPSA) is 58.2 Å². The molecule has 0 atom stereocenters. The van der Waals surface area contributed by atoms with Crippen LogP contribution in [-0.4, -0.2) is 24.4 Å². The molecule has 0 aromatic rings. The summed E-state index contributed by atoms with van der Waals surface area (Å²) in [7, 11) is 1.56. The molecule has 3 rings (SSSR count). The number of carbonyl (C=O) groups excluding carboxylic acids is 2. The zero-order chi connectivity index (χ0) is 13.8. The smallest absolute Gasteiger partial charge is 0.252 e. The fourth-order valence-electron chi connectivity index (χ4n) is 2.56. The Kier molecular flexibility index (Phi) is 2.33. The number of allylic oxidation sites excluding steroid dienone is 6. The Bertz CT molecular complexity index is 631. The molecule has 19 heavy (non-hydrogen) atoms. The molecule has 1 saturated carbocycles. The molecule has 98 valence electrons. The minimum absolute atomic E-state index is 0.200. The first kappa shape index (κ1) is 12.0. The van der Waals surface area contributed by atoms with E-state index in [1.807, 2.05) is 12.2 Å². The number of nitrogens with one attached hydrogen (secondary N) is 2. The predicted octanol–water partition coefficient (Wildman–Crippen LogP) is 1.13. The first-order valence-electron chi connectivity index (χ1n) is 6.35. The van der Waals surface area contributed by atoms with Gasteiger partial charge in [0.15, 0.2) is 0 Å². The van der Waals surface area contributed by atoms with E-state index in [1.54, 1.807) is 20.9 Å². The Morgan fingerprint density at radius 3 is 2.63 bits per heavy atom. The number of likely N-dealkylation sites (N-methyl/N-ethyl adjacent to an activating group) is 1. The SMILES string of the molecule is CNC(=O)C(C)(C)NC(=O)C1=C2C=C3CC3=C2C=C1. The van der Waals surface area contributed by atoms with Crippen molar-refractivity contribution < 1.29 is 9.59 Å². The molecule has 0 radical (unpaired) electrons. The normalized spacial score (nSPS) is 19.2. The van der Waals surface area contributed by atoms with Crippen LogP contribution in [0, 0.1) is 0 Å². The largest absolute Gasteiger partial charge is 0.357 e. The van der Waals surface area contributed by atoms with Gasteiger partial charge in [0, 0.05) is 12.6 Å². The maximum absolute atomic E-state index is 12.3. The second-order valence-corrected chi connectivity index (χ2v) is 5.56. The Morgan fingerprint density at radius 2 is 1.95 bits per heavy atom. The average molecular weight is 256 g/mol. The quantitative estimate of drug-likeness (QED) is 0.795. The molecule has 0 heterocycles. The number of fused-ring (bicyclic) bond motifs is 2.